The summed E-state index contributed by atoms with van der Waals surface area (Å²) >= 11 is 0. The van der Waals surface area contributed by atoms with Crippen LogP contribution in [-0.4, -0.2) is 17.8 Å². The molecule has 0 unspecified atom stereocenters. The van der Waals surface area contributed by atoms with E-state index in [9.17, 15) is 8.78 Å². The van der Waals surface area contributed by atoms with E-state index in [1.807, 2.05) is 0 Å². The van der Waals surface area contributed by atoms with E-state index in [-0.39, 0.29) is 18.3 Å². The third kappa shape index (κ3) is 1.55. The minimum absolute atomic E-state index is 0.166. The molecule has 2 atom stereocenters. The number of aliphatic hydroxyl groups is 1. The van der Waals surface area contributed by atoms with Gasteiger partial charge < -0.3 is 9.84 Å². The zero-order valence-corrected chi connectivity index (χ0v) is 6.71. The van der Waals surface area contributed by atoms with Gasteiger partial charge in [0.05, 0.1) is 6.61 Å². The smallest absolute Gasteiger partial charge is 0.129 e. The standard InChI is InChI=1S/C9H8F2O2/c10-5-1-2-7(11)6(3-5)9-8(4-12)13-9/h1-3,8-9,12H,4H2/t8-,9-/m1/s1. The average Bonchev–Trinajstić information content (AvgIpc) is 2.88. The van der Waals surface area contributed by atoms with Crippen molar-refractivity contribution in [2.75, 3.05) is 6.61 Å². The van der Waals surface area contributed by atoms with E-state index in [0.717, 1.165) is 18.2 Å². The molecular weight excluding hydrogens is 178 g/mol. The molecule has 0 spiro atoms. The molecule has 1 aromatic carbocycles. The van der Waals surface area contributed by atoms with Crippen molar-refractivity contribution in [3.8, 4) is 0 Å². The maximum atomic E-state index is 13.0. The van der Waals surface area contributed by atoms with Crippen LogP contribution in [0.5, 0.6) is 0 Å². The third-order valence-electron chi connectivity index (χ3n) is 2.03. The lowest BCUT2D eigenvalue weighted by molar-refractivity contribution is 0.242. The van der Waals surface area contributed by atoms with Crippen molar-refractivity contribution in [1.29, 1.82) is 0 Å². The fourth-order valence-electron chi connectivity index (χ4n) is 1.29. The van der Waals surface area contributed by atoms with Gasteiger partial charge in [0.1, 0.15) is 23.8 Å². The predicted octanol–water partition coefficient (Wildman–Crippen LogP) is 1.40. The lowest BCUT2D eigenvalue weighted by Crippen LogP contribution is -1.97. The molecule has 1 aromatic rings. The first-order chi connectivity index (χ1) is 6.22. The van der Waals surface area contributed by atoms with Crippen molar-refractivity contribution < 1.29 is 18.6 Å². The Morgan fingerprint density at radius 1 is 1.38 bits per heavy atom. The van der Waals surface area contributed by atoms with Crippen LogP contribution in [0, 0.1) is 11.6 Å². The van der Waals surface area contributed by atoms with Crippen LogP contribution in [0.4, 0.5) is 8.78 Å². The Hall–Kier alpha value is -1.00. The number of ether oxygens (including phenoxy) is 1. The summed E-state index contributed by atoms with van der Waals surface area (Å²) in [7, 11) is 0. The zero-order valence-electron chi connectivity index (χ0n) is 6.71. The van der Waals surface area contributed by atoms with Gasteiger partial charge in [-0.1, -0.05) is 0 Å². The van der Waals surface area contributed by atoms with Crippen molar-refractivity contribution in [3.63, 3.8) is 0 Å². The number of rotatable bonds is 2. The summed E-state index contributed by atoms with van der Waals surface area (Å²) in [6, 6.07) is 3.20. The number of halogens is 2. The van der Waals surface area contributed by atoms with E-state index in [0.29, 0.717) is 0 Å². The van der Waals surface area contributed by atoms with Gasteiger partial charge in [0, 0.05) is 5.56 Å². The Bertz CT molecular complexity index is 327. The number of benzene rings is 1. The van der Waals surface area contributed by atoms with Crippen LogP contribution in [-0.2, 0) is 4.74 Å². The third-order valence-corrected chi connectivity index (χ3v) is 2.03. The first kappa shape index (κ1) is 8.59. The fraction of sp³-hybridized carbons (Fsp3) is 0.333. The number of epoxide rings is 1. The van der Waals surface area contributed by atoms with Crippen LogP contribution in [0.2, 0.25) is 0 Å². The summed E-state index contributed by atoms with van der Waals surface area (Å²) in [6.07, 6.45) is -0.864. The fourth-order valence-corrected chi connectivity index (χ4v) is 1.29. The molecule has 0 bridgehead atoms. The normalized spacial score (nSPS) is 26.1. The van der Waals surface area contributed by atoms with Gasteiger partial charge in [-0.15, -0.1) is 0 Å². The van der Waals surface area contributed by atoms with Crippen LogP contribution < -0.4 is 0 Å². The molecule has 0 aromatic heterocycles. The predicted molar refractivity (Wildman–Crippen MR) is 41.1 cm³/mol. The quantitative estimate of drug-likeness (QED) is 0.708. The SMILES string of the molecule is OC[C@H]1O[C@@H]1c1cc(F)ccc1F. The summed E-state index contributed by atoms with van der Waals surface area (Å²) in [6.45, 7) is -0.166. The van der Waals surface area contributed by atoms with Crippen molar-refractivity contribution in [2.24, 2.45) is 0 Å². The van der Waals surface area contributed by atoms with Crippen molar-refractivity contribution in [2.45, 2.75) is 12.2 Å². The van der Waals surface area contributed by atoms with Gasteiger partial charge in [0.25, 0.3) is 0 Å². The van der Waals surface area contributed by atoms with E-state index in [4.69, 9.17) is 9.84 Å². The molecule has 1 fully saturated rings. The Balaban J connectivity index is 2.25. The van der Waals surface area contributed by atoms with E-state index in [2.05, 4.69) is 0 Å². The van der Waals surface area contributed by atoms with E-state index >= 15 is 0 Å². The maximum Gasteiger partial charge on any atom is 0.129 e. The summed E-state index contributed by atoms with van der Waals surface area (Å²) < 4.78 is 30.7. The monoisotopic (exact) mass is 186 g/mol. The first-order valence-corrected chi connectivity index (χ1v) is 3.93. The highest BCUT2D eigenvalue weighted by atomic mass is 19.1. The summed E-state index contributed by atoms with van der Waals surface area (Å²) in [4.78, 5) is 0. The molecule has 2 nitrogen and oxygen atoms in total. The topological polar surface area (TPSA) is 32.8 Å². The van der Waals surface area contributed by atoms with Crippen LogP contribution >= 0.6 is 0 Å². The molecule has 0 amide bonds. The molecule has 0 aliphatic carbocycles. The lowest BCUT2D eigenvalue weighted by atomic mass is 10.1. The molecule has 1 heterocycles. The molecule has 70 valence electrons. The molecular formula is C9H8F2O2. The molecule has 1 N–H and O–H groups in total. The van der Waals surface area contributed by atoms with Crippen molar-refractivity contribution >= 4 is 0 Å². The second kappa shape index (κ2) is 3.05. The van der Waals surface area contributed by atoms with Crippen molar-refractivity contribution in [3.05, 3.63) is 35.4 Å². The first-order valence-electron chi connectivity index (χ1n) is 3.93. The Kier molecular flexibility index (Phi) is 2.01. The molecule has 0 radical (unpaired) electrons. The summed E-state index contributed by atoms with van der Waals surface area (Å²) in [5.74, 6) is -0.995. The number of hydrogen-bond acceptors (Lipinski definition) is 2. The molecule has 4 heteroatoms. The van der Waals surface area contributed by atoms with E-state index < -0.39 is 17.7 Å². The Morgan fingerprint density at radius 3 is 2.77 bits per heavy atom. The van der Waals surface area contributed by atoms with Crippen LogP contribution in [0.3, 0.4) is 0 Å². The zero-order chi connectivity index (χ0) is 9.42. The maximum absolute atomic E-state index is 13.0. The molecule has 1 saturated heterocycles. The van der Waals surface area contributed by atoms with Gasteiger partial charge in [-0.3, -0.25) is 0 Å². The van der Waals surface area contributed by atoms with Crippen LogP contribution in [0.1, 0.15) is 11.7 Å². The van der Waals surface area contributed by atoms with E-state index in [1.165, 1.54) is 0 Å². The minimum atomic E-state index is -0.498. The molecule has 1 aliphatic heterocycles. The molecule has 1 aliphatic rings. The second-order valence-corrected chi connectivity index (χ2v) is 2.94. The second-order valence-electron chi connectivity index (χ2n) is 2.94. The van der Waals surface area contributed by atoms with Crippen LogP contribution in [0.15, 0.2) is 18.2 Å². The minimum Gasteiger partial charge on any atom is -0.394 e. The van der Waals surface area contributed by atoms with Crippen LogP contribution in [0.25, 0.3) is 0 Å². The largest absolute Gasteiger partial charge is 0.394 e. The van der Waals surface area contributed by atoms with Gasteiger partial charge in [-0.25, -0.2) is 8.78 Å². The number of aliphatic hydroxyl groups excluding tert-OH is 1. The molecule has 13 heavy (non-hydrogen) atoms. The Labute approximate surface area is 73.8 Å². The summed E-state index contributed by atoms with van der Waals surface area (Å²) in [5.41, 5.74) is 0.180. The highest BCUT2D eigenvalue weighted by molar-refractivity contribution is 5.25. The van der Waals surface area contributed by atoms with Gasteiger partial charge in [-0.05, 0) is 18.2 Å². The van der Waals surface area contributed by atoms with Gasteiger partial charge in [-0.2, -0.15) is 0 Å². The molecule has 0 saturated carbocycles. The van der Waals surface area contributed by atoms with Gasteiger partial charge in [0.15, 0.2) is 0 Å². The highest BCUT2D eigenvalue weighted by Gasteiger charge is 2.41. The van der Waals surface area contributed by atoms with Crippen molar-refractivity contribution in [1.82, 2.24) is 0 Å². The average molecular weight is 186 g/mol. The molecule has 2 rings (SSSR count). The lowest BCUT2D eigenvalue weighted by Gasteiger charge is -1.98. The number of hydrogen-bond donors (Lipinski definition) is 1. The van der Waals surface area contributed by atoms with E-state index in [1.54, 1.807) is 0 Å². The highest BCUT2D eigenvalue weighted by Crippen LogP contribution is 2.39. The van der Waals surface area contributed by atoms with Gasteiger partial charge >= 0.3 is 0 Å². The summed E-state index contributed by atoms with van der Waals surface area (Å²) in [5, 5.41) is 8.66. The van der Waals surface area contributed by atoms with Gasteiger partial charge in [0.2, 0.25) is 0 Å². The Morgan fingerprint density at radius 2 is 2.15 bits per heavy atom.